The third-order valence-corrected chi connectivity index (χ3v) is 6.51. The van der Waals surface area contributed by atoms with Crippen molar-refractivity contribution in [1.82, 2.24) is 0 Å². The van der Waals surface area contributed by atoms with Crippen molar-refractivity contribution >= 4 is 16.1 Å². The second-order valence-electron chi connectivity index (χ2n) is 7.36. The van der Waals surface area contributed by atoms with E-state index >= 15 is 0 Å². The van der Waals surface area contributed by atoms with Crippen molar-refractivity contribution < 1.29 is 32.0 Å². The van der Waals surface area contributed by atoms with Gasteiger partial charge in [0.1, 0.15) is 0 Å². The van der Waals surface area contributed by atoms with Crippen LogP contribution in [0.2, 0.25) is 0 Å². The largest absolute Gasteiger partial charge is 0.493 e. The molecule has 1 N–H and O–H groups in total. The zero-order valence-corrected chi connectivity index (χ0v) is 17.1. The van der Waals surface area contributed by atoms with E-state index in [1.807, 2.05) is 0 Å². The van der Waals surface area contributed by atoms with Crippen LogP contribution in [0.3, 0.4) is 0 Å². The molecule has 1 saturated carbocycles. The SMILES string of the molecule is COC(=O)C1=C(S(=O)(=O)O)CCC(C#N)(c2ccc(OC)c(OCC3CC3)c2)C1. The van der Waals surface area contributed by atoms with Gasteiger partial charge in [-0.1, -0.05) is 6.07 Å². The Morgan fingerprint density at radius 2 is 2.03 bits per heavy atom. The molecule has 0 spiro atoms. The standard InChI is InChI=1S/C20H23NO7S/c1-26-16-6-5-14(9-17(16)28-11-13-3-4-13)20(12-21)8-7-18(29(23,24)25)15(10-20)19(22)27-2/h5-6,9,13H,3-4,7-8,10-11H2,1-2H3,(H,23,24,25). The van der Waals surface area contributed by atoms with E-state index in [0.29, 0.717) is 29.6 Å². The average Bonchev–Trinajstić information content (AvgIpc) is 3.54. The molecule has 0 radical (unpaired) electrons. The minimum atomic E-state index is -4.58. The van der Waals surface area contributed by atoms with Gasteiger partial charge in [-0.15, -0.1) is 0 Å². The summed E-state index contributed by atoms with van der Waals surface area (Å²) in [6.07, 6.45) is 2.01. The van der Waals surface area contributed by atoms with Crippen LogP contribution in [0, 0.1) is 17.2 Å². The Kier molecular flexibility index (Phi) is 5.87. The first-order valence-corrected chi connectivity index (χ1v) is 10.7. The number of rotatable bonds is 7. The van der Waals surface area contributed by atoms with E-state index in [9.17, 15) is 23.0 Å². The van der Waals surface area contributed by atoms with Crippen LogP contribution >= 0.6 is 0 Å². The van der Waals surface area contributed by atoms with Crippen molar-refractivity contribution in [2.75, 3.05) is 20.8 Å². The van der Waals surface area contributed by atoms with Gasteiger partial charge in [0.2, 0.25) is 0 Å². The number of benzene rings is 1. The van der Waals surface area contributed by atoms with E-state index in [1.165, 1.54) is 7.11 Å². The quantitative estimate of drug-likeness (QED) is 0.527. The normalized spacial score (nSPS) is 22.0. The molecule has 0 heterocycles. The number of carbonyl (C=O) groups is 1. The molecule has 8 nitrogen and oxygen atoms in total. The summed E-state index contributed by atoms with van der Waals surface area (Å²) in [5.41, 5.74) is -0.789. The summed E-state index contributed by atoms with van der Waals surface area (Å²) in [7, 11) is -1.93. The van der Waals surface area contributed by atoms with E-state index in [-0.39, 0.29) is 24.8 Å². The Hall–Kier alpha value is -2.57. The maximum atomic E-state index is 12.2. The number of esters is 1. The summed E-state index contributed by atoms with van der Waals surface area (Å²) in [5.74, 6) is 0.668. The average molecular weight is 421 g/mol. The van der Waals surface area contributed by atoms with Gasteiger partial charge in [-0.25, -0.2) is 4.79 Å². The van der Waals surface area contributed by atoms with Gasteiger partial charge in [-0.3, -0.25) is 4.55 Å². The predicted molar refractivity (Wildman–Crippen MR) is 103 cm³/mol. The minimum absolute atomic E-state index is 0.119. The van der Waals surface area contributed by atoms with Gasteiger partial charge in [-0.2, -0.15) is 13.7 Å². The molecule has 0 saturated heterocycles. The summed E-state index contributed by atoms with van der Waals surface area (Å²) < 4.78 is 48.8. The number of hydrogen-bond acceptors (Lipinski definition) is 7. The van der Waals surface area contributed by atoms with E-state index in [0.717, 1.165) is 20.0 Å². The summed E-state index contributed by atoms with van der Waals surface area (Å²) >= 11 is 0. The van der Waals surface area contributed by atoms with Gasteiger partial charge in [0.25, 0.3) is 10.1 Å². The molecular formula is C20H23NO7S. The lowest BCUT2D eigenvalue weighted by molar-refractivity contribution is -0.136. The molecule has 2 aliphatic carbocycles. The molecule has 9 heteroatoms. The van der Waals surface area contributed by atoms with Crippen LogP contribution in [-0.2, 0) is 25.1 Å². The smallest absolute Gasteiger partial charge is 0.334 e. The number of carbonyl (C=O) groups excluding carboxylic acids is 1. The molecule has 1 fully saturated rings. The van der Waals surface area contributed by atoms with Crippen molar-refractivity contribution in [1.29, 1.82) is 5.26 Å². The molecule has 1 aromatic carbocycles. The highest BCUT2D eigenvalue weighted by Crippen LogP contribution is 2.45. The number of methoxy groups -OCH3 is 2. The summed E-state index contributed by atoms with van der Waals surface area (Å²) in [4.78, 5) is 11.8. The van der Waals surface area contributed by atoms with Crippen molar-refractivity contribution in [3.05, 3.63) is 34.2 Å². The molecule has 1 atom stereocenters. The van der Waals surface area contributed by atoms with E-state index in [4.69, 9.17) is 14.2 Å². The van der Waals surface area contributed by atoms with Crippen LogP contribution in [0.4, 0.5) is 0 Å². The second kappa shape index (κ2) is 8.05. The third-order valence-electron chi connectivity index (χ3n) is 5.44. The lowest BCUT2D eigenvalue weighted by Gasteiger charge is -2.33. The van der Waals surface area contributed by atoms with E-state index < -0.39 is 26.4 Å². The fourth-order valence-corrected chi connectivity index (χ4v) is 4.37. The highest BCUT2D eigenvalue weighted by atomic mass is 32.2. The van der Waals surface area contributed by atoms with Crippen molar-refractivity contribution in [3.8, 4) is 17.6 Å². The van der Waals surface area contributed by atoms with Gasteiger partial charge in [0.05, 0.1) is 42.8 Å². The summed E-state index contributed by atoms with van der Waals surface area (Å²) in [6.45, 7) is 0.555. The Morgan fingerprint density at radius 1 is 1.31 bits per heavy atom. The Labute approximate surface area is 169 Å². The molecule has 0 aromatic heterocycles. The van der Waals surface area contributed by atoms with Crippen molar-refractivity contribution in [3.63, 3.8) is 0 Å². The topological polar surface area (TPSA) is 123 Å². The number of nitriles is 1. The fraction of sp³-hybridized carbons (Fsp3) is 0.500. The molecule has 156 valence electrons. The number of ether oxygens (including phenoxy) is 3. The summed E-state index contributed by atoms with van der Waals surface area (Å²) in [6, 6.07) is 7.35. The van der Waals surface area contributed by atoms with E-state index in [1.54, 1.807) is 18.2 Å². The number of hydrogen-bond donors (Lipinski definition) is 1. The molecule has 0 bridgehead atoms. The maximum absolute atomic E-state index is 12.2. The monoisotopic (exact) mass is 421 g/mol. The third kappa shape index (κ3) is 4.38. The van der Waals surface area contributed by atoms with Crippen molar-refractivity contribution in [2.45, 2.75) is 37.5 Å². The second-order valence-corrected chi connectivity index (χ2v) is 8.80. The Morgan fingerprint density at radius 3 is 2.59 bits per heavy atom. The van der Waals surface area contributed by atoms with Gasteiger partial charge in [-0.05, 0) is 49.3 Å². The Balaban J connectivity index is 2.02. The lowest BCUT2D eigenvalue weighted by Crippen LogP contribution is -2.32. The van der Waals surface area contributed by atoms with Crippen LogP contribution < -0.4 is 9.47 Å². The first kappa shape index (κ1) is 21.1. The Bertz CT molecular complexity index is 989. The van der Waals surface area contributed by atoms with Crippen LogP contribution in [-0.4, -0.2) is 39.8 Å². The van der Waals surface area contributed by atoms with Crippen LogP contribution in [0.25, 0.3) is 0 Å². The molecule has 2 aliphatic rings. The van der Waals surface area contributed by atoms with E-state index in [2.05, 4.69) is 6.07 Å². The molecule has 0 aliphatic heterocycles. The molecule has 0 amide bonds. The highest BCUT2D eigenvalue weighted by Gasteiger charge is 2.43. The van der Waals surface area contributed by atoms with Crippen LogP contribution in [0.5, 0.6) is 11.5 Å². The minimum Gasteiger partial charge on any atom is -0.493 e. The van der Waals surface area contributed by atoms with Gasteiger partial charge >= 0.3 is 5.97 Å². The van der Waals surface area contributed by atoms with Crippen molar-refractivity contribution in [2.24, 2.45) is 5.92 Å². The molecule has 3 rings (SSSR count). The number of nitrogens with zero attached hydrogens (tertiary/aromatic N) is 1. The molecule has 1 aromatic rings. The zero-order valence-electron chi connectivity index (χ0n) is 16.3. The molecule has 1 unspecified atom stereocenters. The number of allylic oxidation sites excluding steroid dienone is 1. The van der Waals surface area contributed by atoms with Gasteiger partial charge in [0.15, 0.2) is 11.5 Å². The zero-order chi connectivity index (χ0) is 21.2. The van der Waals surface area contributed by atoms with Gasteiger partial charge < -0.3 is 14.2 Å². The summed E-state index contributed by atoms with van der Waals surface area (Å²) in [5, 5.41) is 9.99. The van der Waals surface area contributed by atoms with Crippen LogP contribution in [0.15, 0.2) is 28.7 Å². The first-order valence-electron chi connectivity index (χ1n) is 9.24. The lowest BCUT2D eigenvalue weighted by atomic mass is 9.70. The molecule has 29 heavy (non-hydrogen) atoms. The predicted octanol–water partition coefficient (Wildman–Crippen LogP) is 2.74. The first-order chi connectivity index (χ1) is 13.7. The van der Waals surface area contributed by atoms with Crippen LogP contribution in [0.1, 0.15) is 37.7 Å². The van der Waals surface area contributed by atoms with Gasteiger partial charge in [0, 0.05) is 6.42 Å². The highest BCUT2D eigenvalue weighted by molar-refractivity contribution is 7.89. The fourth-order valence-electron chi connectivity index (χ4n) is 3.55. The maximum Gasteiger partial charge on any atom is 0.334 e. The molecular weight excluding hydrogens is 398 g/mol.